The lowest BCUT2D eigenvalue weighted by Gasteiger charge is -2.25. The summed E-state index contributed by atoms with van der Waals surface area (Å²) >= 11 is 1.66. The van der Waals surface area contributed by atoms with Gasteiger partial charge in [0, 0.05) is 30.2 Å². The minimum Gasteiger partial charge on any atom is -0.377 e. The summed E-state index contributed by atoms with van der Waals surface area (Å²) in [4.78, 5) is 27.2. The average Bonchev–Trinajstić information content (AvgIpc) is 3.20. The smallest absolute Gasteiger partial charge is 0.243 e. The predicted molar refractivity (Wildman–Crippen MR) is 96.8 cm³/mol. The summed E-state index contributed by atoms with van der Waals surface area (Å²) in [6.07, 6.45) is 2.71. The van der Waals surface area contributed by atoms with E-state index in [1.807, 2.05) is 19.9 Å². The zero-order valence-electron chi connectivity index (χ0n) is 14.5. The Kier molecular flexibility index (Phi) is 6.28. The molecule has 2 heterocycles. The Balaban J connectivity index is 1.98. The van der Waals surface area contributed by atoms with Crippen LogP contribution in [0.4, 0.5) is 0 Å². The SMILES string of the molecule is CNC(=N)C1C=C([C@@H](C)NC(=O)C2CC(C)CN2C(=O)CN)SC1. The maximum atomic E-state index is 12.6. The highest BCUT2D eigenvalue weighted by Gasteiger charge is 2.38. The second kappa shape index (κ2) is 8.02. The number of hydrogen-bond acceptors (Lipinski definition) is 5. The van der Waals surface area contributed by atoms with Gasteiger partial charge in [-0.3, -0.25) is 15.0 Å². The van der Waals surface area contributed by atoms with Crippen molar-refractivity contribution in [3.8, 4) is 0 Å². The Morgan fingerprint density at radius 3 is 2.88 bits per heavy atom. The van der Waals surface area contributed by atoms with Gasteiger partial charge >= 0.3 is 0 Å². The summed E-state index contributed by atoms with van der Waals surface area (Å²) in [6, 6.07) is -0.556. The molecule has 1 saturated heterocycles. The highest BCUT2D eigenvalue weighted by molar-refractivity contribution is 8.03. The third-order valence-corrected chi connectivity index (χ3v) is 5.88. The number of nitrogens with one attached hydrogen (secondary N) is 3. The van der Waals surface area contributed by atoms with Gasteiger partial charge in [-0.05, 0) is 19.3 Å². The van der Waals surface area contributed by atoms with Crippen molar-refractivity contribution in [2.24, 2.45) is 17.6 Å². The molecular formula is C16H27N5O2S. The number of rotatable bonds is 5. The summed E-state index contributed by atoms with van der Waals surface area (Å²) in [5.41, 5.74) is 5.46. The fourth-order valence-corrected chi connectivity index (χ4v) is 4.37. The van der Waals surface area contributed by atoms with Gasteiger partial charge < -0.3 is 21.3 Å². The molecule has 3 unspecified atom stereocenters. The Morgan fingerprint density at radius 2 is 2.25 bits per heavy atom. The number of amides is 2. The number of amidine groups is 1. The van der Waals surface area contributed by atoms with Gasteiger partial charge in [0.1, 0.15) is 11.9 Å². The molecule has 5 N–H and O–H groups in total. The molecule has 2 aliphatic heterocycles. The van der Waals surface area contributed by atoms with Crippen molar-refractivity contribution >= 4 is 29.4 Å². The fraction of sp³-hybridized carbons (Fsp3) is 0.688. The van der Waals surface area contributed by atoms with Crippen LogP contribution >= 0.6 is 11.8 Å². The minimum atomic E-state index is -0.433. The van der Waals surface area contributed by atoms with Crippen molar-refractivity contribution in [1.29, 1.82) is 5.41 Å². The van der Waals surface area contributed by atoms with Gasteiger partial charge in [0.05, 0.1) is 12.6 Å². The molecule has 0 aromatic carbocycles. The van der Waals surface area contributed by atoms with Crippen LogP contribution in [-0.2, 0) is 9.59 Å². The molecule has 24 heavy (non-hydrogen) atoms. The summed E-state index contributed by atoms with van der Waals surface area (Å²) in [7, 11) is 1.74. The van der Waals surface area contributed by atoms with Crippen LogP contribution in [0.1, 0.15) is 20.3 Å². The molecule has 4 atom stereocenters. The monoisotopic (exact) mass is 353 g/mol. The van der Waals surface area contributed by atoms with Crippen LogP contribution in [0, 0.1) is 17.2 Å². The molecule has 0 aromatic heterocycles. The molecule has 8 heteroatoms. The molecule has 1 fully saturated rings. The zero-order chi connectivity index (χ0) is 17.9. The van der Waals surface area contributed by atoms with Crippen LogP contribution in [-0.4, -0.2) is 60.5 Å². The minimum absolute atomic E-state index is 0.0659. The van der Waals surface area contributed by atoms with Crippen LogP contribution in [0.3, 0.4) is 0 Å². The number of hydrogen-bond donors (Lipinski definition) is 4. The molecule has 0 aromatic rings. The number of carbonyl (C=O) groups is 2. The second-order valence-electron chi connectivity index (χ2n) is 6.49. The molecule has 7 nitrogen and oxygen atoms in total. The average molecular weight is 353 g/mol. The van der Waals surface area contributed by atoms with Crippen molar-refractivity contribution in [2.75, 3.05) is 25.9 Å². The third-order valence-electron chi connectivity index (χ3n) is 4.53. The topological polar surface area (TPSA) is 111 Å². The van der Waals surface area contributed by atoms with Crippen LogP contribution in [0.5, 0.6) is 0 Å². The highest BCUT2D eigenvalue weighted by Crippen LogP contribution is 2.32. The van der Waals surface area contributed by atoms with E-state index in [1.54, 1.807) is 23.7 Å². The van der Waals surface area contributed by atoms with Crippen molar-refractivity contribution in [1.82, 2.24) is 15.5 Å². The molecule has 0 spiro atoms. The molecule has 0 radical (unpaired) electrons. The summed E-state index contributed by atoms with van der Waals surface area (Å²) in [6.45, 7) is 4.49. The van der Waals surface area contributed by atoms with Crippen molar-refractivity contribution in [3.05, 3.63) is 11.0 Å². The van der Waals surface area contributed by atoms with Gasteiger partial charge in [-0.15, -0.1) is 11.8 Å². The van der Waals surface area contributed by atoms with Crippen molar-refractivity contribution in [2.45, 2.75) is 32.4 Å². The Labute approximate surface area is 147 Å². The van der Waals surface area contributed by atoms with E-state index in [4.69, 9.17) is 11.1 Å². The number of nitrogens with two attached hydrogens (primary N) is 1. The summed E-state index contributed by atoms with van der Waals surface area (Å²) in [5.74, 6) is 1.36. The number of likely N-dealkylation sites (tertiary alicyclic amines) is 1. The molecule has 2 aliphatic rings. The van der Waals surface area contributed by atoms with E-state index in [0.717, 1.165) is 10.7 Å². The number of thioether (sulfide) groups is 1. The van der Waals surface area contributed by atoms with E-state index >= 15 is 0 Å². The Hall–Kier alpha value is -1.54. The van der Waals surface area contributed by atoms with Gasteiger partial charge in [-0.25, -0.2) is 0 Å². The molecular weight excluding hydrogens is 326 g/mol. The van der Waals surface area contributed by atoms with Gasteiger partial charge in [0.15, 0.2) is 0 Å². The maximum absolute atomic E-state index is 12.6. The molecule has 134 valence electrons. The molecule has 2 rings (SSSR count). The van der Waals surface area contributed by atoms with E-state index in [-0.39, 0.29) is 30.3 Å². The normalized spacial score (nSPS) is 27.6. The van der Waals surface area contributed by atoms with Gasteiger partial charge in [0.25, 0.3) is 0 Å². The Morgan fingerprint density at radius 1 is 1.54 bits per heavy atom. The van der Waals surface area contributed by atoms with Crippen LogP contribution in [0.25, 0.3) is 0 Å². The van der Waals surface area contributed by atoms with E-state index in [2.05, 4.69) is 10.6 Å². The molecule has 0 bridgehead atoms. The third kappa shape index (κ3) is 4.10. The van der Waals surface area contributed by atoms with Gasteiger partial charge in [-0.1, -0.05) is 13.0 Å². The molecule has 2 amide bonds. The first-order valence-electron chi connectivity index (χ1n) is 8.28. The van der Waals surface area contributed by atoms with Crippen molar-refractivity contribution in [3.63, 3.8) is 0 Å². The summed E-state index contributed by atoms with van der Waals surface area (Å²) < 4.78 is 0. The first kappa shape index (κ1) is 18.8. The first-order chi connectivity index (χ1) is 11.4. The van der Waals surface area contributed by atoms with Crippen LogP contribution in [0.2, 0.25) is 0 Å². The second-order valence-corrected chi connectivity index (χ2v) is 7.58. The first-order valence-corrected chi connectivity index (χ1v) is 9.26. The summed E-state index contributed by atoms with van der Waals surface area (Å²) in [5, 5.41) is 13.7. The van der Waals surface area contributed by atoms with Crippen LogP contribution in [0.15, 0.2) is 11.0 Å². The molecule has 0 saturated carbocycles. The number of carbonyl (C=O) groups excluding carboxylic acids is 2. The maximum Gasteiger partial charge on any atom is 0.243 e. The lowest BCUT2D eigenvalue weighted by molar-refractivity contribution is -0.137. The fourth-order valence-electron chi connectivity index (χ4n) is 3.17. The van der Waals surface area contributed by atoms with Crippen LogP contribution < -0.4 is 16.4 Å². The zero-order valence-corrected chi connectivity index (χ0v) is 15.3. The van der Waals surface area contributed by atoms with Crippen molar-refractivity contribution < 1.29 is 9.59 Å². The van der Waals surface area contributed by atoms with E-state index in [9.17, 15) is 9.59 Å². The largest absolute Gasteiger partial charge is 0.377 e. The molecule has 0 aliphatic carbocycles. The quantitative estimate of drug-likeness (QED) is 0.415. The van der Waals surface area contributed by atoms with E-state index in [1.165, 1.54) is 0 Å². The van der Waals surface area contributed by atoms with E-state index in [0.29, 0.717) is 24.7 Å². The Bertz CT molecular complexity index is 551. The number of nitrogens with zero attached hydrogens (tertiary/aromatic N) is 1. The van der Waals surface area contributed by atoms with Gasteiger partial charge in [-0.2, -0.15) is 0 Å². The highest BCUT2D eigenvalue weighted by atomic mass is 32.2. The van der Waals surface area contributed by atoms with E-state index < -0.39 is 6.04 Å². The predicted octanol–water partition coefficient (Wildman–Crippen LogP) is 0.130. The van der Waals surface area contributed by atoms with Gasteiger partial charge in [0.2, 0.25) is 11.8 Å². The lowest BCUT2D eigenvalue weighted by Crippen LogP contribution is -2.49. The lowest BCUT2D eigenvalue weighted by atomic mass is 10.1. The standard InChI is InChI=1S/C16H27N5O2S/c1-9-4-12(21(7-9)14(22)6-17)16(23)20-10(2)13-5-11(8-24-13)15(18)19-3/h5,9-12H,4,6-8,17H2,1-3H3,(H2,18,19)(H,20,23)/t9?,10-,11?,12?/m1/s1.